The Hall–Kier alpha value is -2.96. The van der Waals surface area contributed by atoms with Crippen LogP contribution in [0, 0.1) is 0 Å². The van der Waals surface area contributed by atoms with Crippen molar-refractivity contribution in [3.63, 3.8) is 0 Å². The number of H-pyrrole nitrogens is 1. The molecule has 3 N–H and O–H groups in total. The van der Waals surface area contributed by atoms with Crippen LogP contribution in [0.1, 0.15) is 0 Å². The largest absolute Gasteiger partial charge is 0.368 e. The minimum absolute atomic E-state index is 1.08. The summed E-state index contributed by atoms with van der Waals surface area (Å²) in [6, 6.07) is 19.3. The minimum Gasteiger partial charge on any atom is -0.368 e. The van der Waals surface area contributed by atoms with Crippen molar-refractivity contribution in [3.8, 4) is 0 Å². The molecule has 6 rings (SSSR count). The average molecular weight is 403 g/mol. The van der Waals surface area contributed by atoms with E-state index < -0.39 is 0 Å². The van der Waals surface area contributed by atoms with E-state index in [1.54, 1.807) is 0 Å². The first-order chi connectivity index (χ1) is 14.9. The number of nitrogens with zero attached hydrogens (tertiary/aromatic N) is 3. The highest BCUT2D eigenvalue weighted by atomic mass is 15.6. The third-order valence-corrected chi connectivity index (χ3v) is 6.01. The highest BCUT2D eigenvalue weighted by molar-refractivity contribution is 5.92. The van der Waals surface area contributed by atoms with Crippen molar-refractivity contribution >= 4 is 27.5 Å². The number of para-hydroxylation sites is 1. The molecule has 2 aliphatic heterocycles. The topological polar surface area (TPSA) is 51.3 Å². The van der Waals surface area contributed by atoms with Crippen LogP contribution in [0.3, 0.4) is 0 Å². The third kappa shape index (κ3) is 3.88. The molecule has 4 aromatic rings. The SMILES string of the molecule is c1cc(N2CCNCC2)c2cc[nH]c2c1.c1ccc2c(c1)ccn2N1CCNCC1. The average Bonchev–Trinajstić information content (AvgIpc) is 3.48. The number of hydrogen-bond acceptors (Lipinski definition) is 4. The molecule has 2 aliphatic rings. The summed E-state index contributed by atoms with van der Waals surface area (Å²) in [6.07, 6.45) is 4.17. The molecule has 0 aliphatic carbocycles. The lowest BCUT2D eigenvalue weighted by atomic mass is 10.2. The maximum absolute atomic E-state index is 3.38. The van der Waals surface area contributed by atoms with Gasteiger partial charge in [-0.2, -0.15) is 0 Å². The molecule has 2 aromatic carbocycles. The van der Waals surface area contributed by atoms with Gasteiger partial charge in [-0.05, 0) is 30.3 Å². The van der Waals surface area contributed by atoms with Gasteiger partial charge in [-0.15, -0.1) is 0 Å². The van der Waals surface area contributed by atoms with Gasteiger partial charge >= 0.3 is 0 Å². The Labute approximate surface area is 177 Å². The molecule has 0 atom stereocenters. The maximum atomic E-state index is 3.38. The zero-order valence-electron chi connectivity index (χ0n) is 17.3. The summed E-state index contributed by atoms with van der Waals surface area (Å²) in [5.74, 6) is 0. The fourth-order valence-corrected chi connectivity index (χ4v) is 4.43. The Bertz CT molecular complexity index is 1080. The van der Waals surface area contributed by atoms with Crippen LogP contribution in [0.4, 0.5) is 5.69 Å². The van der Waals surface area contributed by atoms with Crippen LogP contribution in [0.25, 0.3) is 21.8 Å². The number of nitrogens with one attached hydrogen (secondary N) is 3. The molecule has 6 heteroatoms. The van der Waals surface area contributed by atoms with Crippen molar-refractivity contribution in [2.24, 2.45) is 0 Å². The van der Waals surface area contributed by atoms with Gasteiger partial charge in [0.25, 0.3) is 0 Å². The number of aromatic amines is 1. The van der Waals surface area contributed by atoms with Crippen LogP contribution in [0.5, 0.6) is 0 Å². The molecule has 2 fully saturated rings. The Morgan fingerprint density at radius 1 is 0.700 bits per heavy atom. The summed E-state index contributed by atoms with van der Waals surface area (Å²) in [4.78, 5) is 5.71. The summed E-state index contributed by atoms with van der Waals surface area (Å²) in [6.45, 7) is 8.69. The highest BCUT2D eigenvalue weighted by Crippen LogP contribution is 2.26. The smallest absolute Gasteiger partial charge is 0.0694 e. The number of benzene rings is 2. The normalized spacial score (nSPS) is 17.2. The van der Waals surface area contributed by atoms with E-state index in [9.17, 15) is 0 Å². The summed E-state index contributed by atoms with van der Waals surface area (Å²) < 4.78 is 2.27. The summed E-state index contributed by atoms with van der Waals surface area (Å²) >= 11 is 0. The first-order valence-corrected chi connectivity index (χ1v) is 10.9. The van der Waals surface area contributed by atoms with Gasteiger partial charge in [0, 0.05) is 86.7 Å². The first kappa shape index (κ1) is 19.0. The number of rotatable bonds is 2. The van der Waals surface area contributed by atoms with E-state index in [-0.39, 0.29) is 0 Å². The van der Waals surface area contributed by atoms with Crippen LogP contribution in [-0.4, -0.2) is 62.0 Å². The van der Waals surface area contributed by atoms with E-state index in [0.717, 1.165) is 52.4 Å². The first-order valence-electron chi connectivity index (χ1n) is 10.9. The summed E-state index contributed by atoms with van der Waals surface area (Å²) in [7, 11) is 0. The molecule has 156 valence electrons. The van der Waals surface area contributed by atoms with Gasteiger partial charge in [0.05, 0.1) is 5.52 Å². The second-order valence-corrected chi connectivity index (χ2v) is 7.88. The summed E-state index contributed by atoms with van der Waals surface area (Å²) in [5.41, 5.74) is 3.89. The van der Waals surface area contributed by atoms with E-state index in [1.165, 1.54) is 27.5 Å². The predicted octanol–water partition coefficient (Wildman–Crippen LogP) is 2.76. The van der Waals surface area contributed by atoms with Gasteiger partial charge in [0.1, 0.15) is 0 Å². The van der Waals surface area contributed by atoms with E-state index in [0.29, 0.717) is 0 Å². The van der Waals surface area contributed by atoms with Gasteiger partial charge in [-0.1, -0.05) is 24.3 Å². The molecule has 0 radical (unpaired) electrons. The second-order valence-electron chi connectivity index (χ2n) is 7.88. The third-order valence-electron chi connectivity index (χ3n) is 6.01. The van der Waals surface area contributed by atoms with E-state index in [4.69, 9.17) is 0 Å². The molecule has 0 bridgehead atoms. The van der Waals surface area contributed by atoms with Gasteiger partial charge < -0.3 is 25.5 Å². The predicted molar refractivity (Wildman–Crippen MR) is 126 cm³/mol. The van der Waals surface area contributed by atoms with Gasteiger partial charge in [0.15, 0.2) is 0 Å². The van der Waals surface area contributed by atoms with E-state index in [1.807, 2.05) is 6.20 Å². The monoisotopic (exact) mass is 402 g/mol. The lowest BCUT2D eigenvalue weighted by Crippen LogP contribution is -2.48. The molecule has 2 saturated heterocycles. The van der Waals surface area contributed by atoms with Gasteiger partial charge in [-0.25, -0.2) is 0 Å². The molecule has 2 aromatic heterocycles. The van der Waals surface area contributed by atoms with Crippen LogP contribution < -0.4 is 20.5 Å². The van der Waals surface area contributed by atoms with E-state index in [2.05, 4.69) is 91.0 Å². The van der Waals surface area contributed by atoms with Crippen molar-refractivity contribution in [1.82, 2.24) is 20.3 Å². The van der Waals surface area contributed by atoms with Crippen molar-refractivity contribution in [2.75, 3.05) is 62.3 Å². The van der Waals surface area contributed by atoms with Crippen LogP contribution in [0.15, 0.2) is 67.0 Å². The molecule has 6 nitrogen and oxygen atoms in total. The molecule has 0 unspecified atom stereocenters. The summed E-state index contributed by atoms with van der Waals surface area (Å²) in [5, 5.41) is 11.8. The zero-order chi connectivity index (χ0) is 20.2. The number of hydrogen-bond donors (Lipinski definition) is 3. The van der Waals surface area contributed by atoms with Crippen molar-refractivity contribution in [1.29, 1.82) is 0 Å². The van der Waals surface area contributed by atoms with Crippen LogP contribution in [-0.2, 0) is 0 Å². The van der Waals surface area contributed by atoms with E-state index >= 15 is 0 Å². The molecule has 0 amide bonds. The Balaban J connectivity index is 0.000000128. The van der Waals surface area contributed by atoms with Crippen molar-refractivity contribution < 1.29 is 0 Å². The Morgan fingerprint density at radius 2 is 1.47 bits per heavy atom. The quantitative estimate of drug-likeness (QED) is 0.483. The molecule has 0 saturated carbocycles. The second kappa shape index (κ2) is 8.81. The number of piperazine rings is 2. The Kier molecular flexibility index (Phi) is 5.59. The standard InChI is InChI=1S/2C12H15N3/c1-2-11-10(4-5-14-11)12(3-1)15-8-6-13-7-9-15;1-2-4-12-11(3-1)5-8-15(12)14-9-6-13-7-10-14/h1-5,13-14H,6-9H2;1-5,8,13H,6-7,9-10H2. The van der Waals surface area contributed by atoms with Crippen molar-refractivity contribution in [2.45, 2.75) is 0 Å². The van der Waals surface area contributed by atoms with Gasteiger partial charge in [0.2, 0.25) is 0 Å². The maximum Gasteiger partial charge on any atom is 0.0694 e. The van der Waals surface area contributed by atoms with Gasteiger partial charge in [-0.3, -0.25) is 4.68 Å². The Morgan fingerprint density at radius 3 is 2.30 bits per heavy atom. The molecular weight excluding hydrogens is 372 g/mol. The number of anilines is 1. The number of fused-ring (bicyclic) bond motifs is 2. The zero-order valence-corrected chi connectivity index (χ0v) is 17.3. The molecule has 30 heavy (non-hydrogen) atoms. The highest BCUT2D eigenvalue weighted by Gasteiger charge is 2.13. The lowest BCUT2D eigenvalue weighted by Gasteiger charge is -2.31. The number of aromatic nitrogens is 2. The lowest BCUT2D eigenvalue weighted by molar-refractivity contribution is 0.500. The molecule has 4 heterocycles. The van der Waals surface area contributed by atoms with Crippen molar-refractivity contribution in [3.05, 3.63) is 67.0 Å². The minimum atomic E-state index is 1.08. The molecule has 0 spiro atoms. The fraction of sp³-hybridized carbons (Fsp3) is 0.333. The van der Waals surface area contributed by atoms with Crippen LogP contribution in [0.2, 0.25) is 0 Å². The fourth-order valence-electron chi connectivity index (χ4n) is 4.43. The molecular formula is C24H30N6. The van der Waals surface area contributed by atoms with Crippen LogP contribution >= 0.6 is 0 Å².